The molecule has 0 spiro atoms. The number of para-hydroxylation sites is 1. The van der Waals surface area contributed by atoms with Crippen LogP contribution in [0.15, 0.2) is 42.5 Å². The maximum Gasteiger partial charge on any atom is 0.0692 e. The molecular formula is C15H23NO. The average Bonchev–Trinajstić information content (AvgIpc) is 2.33. The second-order valence-corrected chi connectivity index (χ2v) is 4.31. The van der Waals surface area contributed by atoms with Gasteiger partial charge in [-0.05, 0) is 38.3 Å². The molecule has 0 heterocycles. The van der Waals surface area contributed by atoms with E-state index < -0.39 is 0 Å². The highest BCUT2D eigenvalue weighted by atomic mass is 16.3. The van der Waals surface area contributed by atoms with Crippen molar-refractivity contribution in [3.05, 3.63) is 42.5 Å². The molecule has 0 fully saturated rings. The van der Waals surface area contributed by atoms with E-state index in [-0.39, 0.29) is 6.10 Å². The summed E-state index contributed by atoms with van der Waals surface area (Å²) in [6.07, 6.45) is 8.28. The first kappa shape index (κ1) is 13.8. The van der Waals surface area contributed by atoms with Gasteiger partial charge in [-0.2, -0.15) is 0 Å². The Balaban J connectivity index is 1.95. The maximum atomic E-state index is 9.02. The molecule has 0 unspecified atom stereocenters. The van der Waals surface area contributed by atoms with Gasteiger partial charge < -0.3 is 10.4 Å². The Labute approximate surface area is 104 Å². The van der Waals surface area contributed by atoms with Crippen LogP contribution in [0.4, 0.5) is 5.69 Å². The summed E-state index contributed by atoms with van der Waals surface area (Å²) in [7, 11) is 0. The van der Waals surface area contributed by atoms with E-state index in [1.165, 1.54) is 24.9 Å². The quantitative estimate of drug-likeness (QED) is 0.531. The molecule has 17 heavy (non-hydrogen) atoms. The van der Waals surface area contributed by atoms with Crippen molar-refractivity contribution in [1.29, 1.82) is 0 Å². The number of allylic oxidation sites excluding steroid dienone is 1. The number of aliphatic hydroxyl groups is 1. The molecule has 2 heteroatoms. The molecule has 0 aliphatic heterocycles. The van der Waals surface area contributed by atoms with Gasteiger partial charge in [-0.3, -0.25) is 0 Å². The lowest BCUT2D eigenvalue weighted by molar-refractivity contribution is 0.244. The molecule has 0 aliphatic carbocycles. The Kier molecular flexibility index (Phi) is 7.15. The normalized spacial score (nSPS) is 12.8. The van der Waals surface area contributed by atoms with Crippen LogP contribution >= 0.6 is 0 Å². The monoisotopic (exact) mass is 233 g/mol. The predicted molar refractivity (Wildman–Crippen MR) is 74.2 cm³/mol. The molecule has 1 aromatic carbocycles. The van der Waals surface area contributed by atoms with E-state index in [0.717, 1.165) is 13.0 Å². The molecule has 0 bridgehead atoms. The fourth-order valence-electron chi connectivity index (χ4n) is 1.65. The van der Waals surface area contributed by atoms with Crippen molar-refractivity contribution in [3.63, 3.8) is 0 Å². The molecule has 0 radical (unpaired) electrons. The van der Waals surface area contributed by atoms with Gasteiger partial charge in [-0.25, -0.2) is 0 Å². The number of benzene rings is 1. The van der Waals surface area contributed by atoms with Crippen molar-refractivity contribution in [2.24, 2.45) is 0 Å². The lowest BCUT2D eigenvalue weighted by Gasteiger charge is -2.05. The van der Waals surface area contributed by atoms with Gasteiger partial charge in [-0.1, -0.05) is 36.8 Å². The van der Waals surface area contributed by atoms with Gasteiger partial charge in [0.2, 0.25) is 0 Å². The average molecular weight is 233 g/mol. The molecule has 0 saturated heterocycles. The maximum absolute atomic E-state index is 9.02. The van der Waals surface area contributed by atoms with Gasteiger partial charge in [-0.15, -0.1) is 0 Å². The van der Waals surface area contributed by atoms with E-state index in [0.29, 0.717) is 0 Å². The molecule has 1 rings (SSSR count). The third-order valence-electron chi connectivity index (χ3n) is 2.57. The van der Waals surface area contributed by atoms with Crippen molar-refractivity contribution in [3.8, 4) is 0 Å². The summed E-state index contributed by atoms with van der Waals surface area (Å²) in [5, 5.41) is 12.4. The van der Waals surface area contributed by atoms with E-state index in [9.17, 15) is 0 Å². The van der Waals surface area contributed by atoms with Gasteiger partial charge in [0.15, 0.2) is 0 Å². The van der Waals surface area contributed by atoms with Crippen LogP contribution in [-0.4, -0.2) is 17.8 Å². The molecule has 94 valence electrons. The topological polar surface area (TPSA) is 32.3 Å². The fourth-order valence-corrected chi connectivity index (χ4v) is 1.65. The van der Waals surface area contributed by atoms with Crippen LogP contribution in [0.2, 0.25) is 0 Å². The van der Waals surface area contributed by atoms with E-state index in [1.54, 1.807) is 6.92 Å². The van der Waals surface area contributed by atoms with Crippen molar-refractivity contribution in [1.82, 2.24) is 0 Å². The summed E-state index contributed by atoms with van der Waals surface area (Å²) in [6, 6.07) is 10.3. The highest BCUT2D eigenvalue weighted by Gasteiger charge is 1.91. The minimum Gasteiger partial charge on any atom is -0.389 e. The van der Waals surface area contributed by atoms with E-state index in [1.807, 2.05) is 24.3 Å². The number of rotatable bonds is 8. The zero-order valence-electron chi connectivity index (χ0n) is 10.6. The van der Waals surface area contributed by atoms with E-state index in [2.05, 4.69) is 23.5 Å². The van der Waals surface area contributed by atoms with E-state index in [4.69, 9.17) is 5.11 Å². The Morgan fingerprint density at radius 2 is 1.94 bits per heavy atom. The van der Waals surface area contributed by atoms with Crippen LogP contribution in [-0.2, 0) is 0 Å². The molecule has 2 nitrogen and oxygen atoms in total. The zero-order valence-corrected chi connectivity index (χ0v) is 10.6. The number of anilines is 1. The van der Waals surface area contributed by atoms with Crippen LogP contribution in [0.1, 0.15) is 32.6 Å². The number of hydrogen-bond donors (Lipinski definition) is 2. The van der Waals surface area contributed by atoms with Gasteiger partial charge in [0.1, 0.15) is 0 Å². The van der Waals surface area contributed by atoms with E-state index >= 15 is 0 Å². The third kappa shape index (κ3) is 7.58. The van der Waals surface area contributed by atoms with Gasteiger partial charge in [0, 0.05) is 12.2 Å². The summed E-state index contributed by atoms with van der Waals surface area (Å²) < 4.78 is 0. The minimum absolute atomic E-state index is 0.310. The third-order valence-corrected chi connectivity index (χ3v) is 2.57. The van der Waals surface area contributed by atoms with Crippen LogP contribution < -0.4 is 5.32 Å². The Morgan fingerprint density at radius 1 is 1.18 bits per heavy atom. The predicted octanol–water partition coefficient (Wildman–Crippen LogP) is 3.60. The zero-order chi connectivity index (χ0) is 12.3. The molecule has 2 N–H and O–H groups in total. The summed E-state index contributed by atoms with van der Waals surface area (Å²) in [5.74, 6) is 0. The van der Waals surface area contributed by atoms with Crippen LogP contribution in [0, 0.1) is 0 Å². The number of unbranched alkanes of at least 4 members (excludes halogenated alkanes) is 3. The molecule has 0 aliphatic rings. The smallest absolute Gasteiger partial charge is 0.0692 e. The van der Waals surface area contributed by atoms with Crippen LogP contribution in [0.3, 0.4) is 0 Å². The van der Waals surface area contributed by atoms with Crippen LogP contribution in [0.5, 0.6) is 0 Å². The van der Waals surface area contributed by atoms with Crippen molar-refractivity contribution >= 4 is 5.69 Å². The number of aliphatic hydroxyl groups excluding tert-OH is 1. The van der Waals surface area contributed by atoms with Crippen molar-refractivity contribution < 1.29 is 5.11 Å². The first-order valence-corrected chi connectivity index (χ1v) is 6.42. The first-order valence-electron chi connectivity index (χ1n) is 6.42. The largest absolute Gasteiger partial charge is 0.389 e. The second kappa shape index (κ2) is 8.82. The summed E-state index contributed by atoms with van der Waals surface area (Å²) in [6.45, 7) is 2.81. The molecule has 0 aromatic heterocycles. The summed E-state index contributed by atoms with van der Waals surface area (Å²) in [4.78, 5) is 0. The Bertz CT molecular complexity index is 306. The van der Waals surface area contributed by atoms with Gasteiger partial charge >= 0.3 is 0 Å². The number of hydrogen-bond acceptors (Lipinski definition) is 2. The fraction of sp³-hybridized carbons (Fsp3) is 0.467. The lowest BCUT2D eigenvalue weighted by atomic mass is 10.1. The first-order chi connectivity index (χ1) is 8.29. The van der Waals surface area contributed by atoms with Gasteiger partial charge in [0.05, 0.1) is 6.10 Å². The van der Waals surface area contributed by atoms with Crippen molar-refractivity contribution in [2.75, 3.05) is 11.9 Å². The molecule has 1 aromatic rings. The van der Waals surface area contributed by atoms with Gasteiger partial charge in [0.25, 0.3) is 0 Å². The molecule has 0 amide bonds. The highest BCUT2D eigenvalue weighted by Crippen LogP contribution is 2.06. The van der Waals surface area contributed by atoms with Crippen LogP contribution in [0.25, 0.3) is 0 Å². The Morgan fingerprint density at radius 3 is 2.65 bits per heavy atom. The lowest BCUT2D eigenvalue weighted by Crippen LogP contribution is -2.00. The minimum atomic E-state index is -0.310. The SMILES string of the molecule is C[C@H](O)/C=C/CCCCCNc1ccccc1. The summed E-state index contributed by atoms with van der Waals surface area (Å²) >= 11 is 0. The number of nitrogens with one attached hydrogen (secondary N) is 1. The standard InChI is InChI=1S/C15H23NO/c1-14(17)10-6-3-2-4-9-13-16-15-11-7-5-8-12-15/h5-8,10-12,14,16-17H,2-4,9,13H2,1H3/b10-6+/t14-/m0/s1. The molecular weight excluding hydrogens is 210 g/mol. The molecule has 0 saturated carbocycles. The second-order valence-electron chi connectivity index (χ2n) is 4.31. The van der Waals surface area contributed by atoms with Crippen molar-refractivity contribution in [2.45, 2.75) is 38.7 Å². The Hall–Kier alpha value is -1.28. The summed E-state index contributed by atoms with van der Waals surface area (Å²) in [5.41, 5.74) is 1.20. The molecule has 1 atom stereocenters. The highest BCUT2D eigenvalue weighted by molar-refractivity contribution is 5.42.